The van der Waals surface area contributed by atoms with Gasteiger partial charge in [0, 0.05) is 0 Å². The maximum Gasteiger partial charge on any atom is 0.323 e. The summed E-state index contributed by atoms with van der Waals surface area (Å²) in [6.45, 7) is 4.25. The molecule has 3 aliphatic carbocycles. The van der Waals surface area contributed by atoms with Gasteiger partial charge in [0.15, 0.2) is 10.8 Å². The van der Waals surface area contributed by atoms with Crippen molar-refractivity contribution in [2.75, 3.05) is 28.4 Å². The molecule has 3 aliphatic rings. The Morgan fingerprint density at radius 3 is 1.75 bits per heavy atom. The molecule has 2 saturated carbocycles. The van der Waals surface area contributed by atoms with Crippen molar-refractivity contribution < 1.29 is 38.1 Å². The molecule has 0 aromatic carbocycles. The van der Waals surface area contributed by atoms with Gasteiger partial charge in [-0.3, -0.25) is 19.2 Å². The Hall–Kier alpha value is -2.38. The third-order valence-electron chi connectivity index (χ3n) is 8.65. The largest absolute Gasteiger partial charge is 0.468 e. The van der Waals surface area contributed by atoms with Crippen LogP contribution in [-0.2, 0) is 38.1 Å². The Labute approximate surface area is 189 Å². The summed E-state index contributed by atoms with van der Waals surface area (Å²) in [6, 6.07) is 0. The van der Waals surface area contributed by atoms with Crippen LogP contribution >= 0.6 is 0 Å². The summed E-state index contributed by atoms with van der Waals surface area (Å²) in [4.78, 5) is 50.8. The van der Waals surface area contributed by atoms with E-state index in [1.807, 2.05) is 6.08 Å². The summed E-state index contributed by atoms with van der Waals surface area (Å²) in [5.41, 5.74) is -3.31. The van der Waals surface area contributed by atoms with Crippen LogP contribution in [0.15, 0.2) is 12.2 Å². The van der Waals surface area contributed by atoms with E-state index in [0.29, 0.717) is 38.5 Å². The van der Waals surface area contributed by atoms with E-state index in [0.717, 1.165) is 0 Å². The van der Waals surface area contributed by atoms with Crippen LogP contribution in [0.1, 0.15) is 52.4 Å². The number of fused-ring (bicyclic) bond motifs is 3. The summed E-state index contributed by atoms with van der Waals surface area (Å²) in [6.07, 6.45) is 6.61. The monoisotopic (exact) mass is 450 g/mol. The molecular weight excluding hydrogens is 416 g/mol. The van der Waals surface area contributed by atoms with Crippen LogP contribution < -0.4 is 0 Å². The number of carbonyl (C=O) groups is 4. The molecule has 3 rings (SSSR count). The van der Waals surface area contributed by atoms with Crippen molar-refractivity contribution in [3.63, 3.8) is 0 Å². The normalized spacial score (nSPS) is 34.3. The smallest absolute Gasteiger partial charge is 0.323 e. The molecule has 0 aliphatic heterocycles. The number of ether oxygens (including phenoxy) is 4. The van der Waals surface area contributed by atoms with Crippen LogP contribution in [0.25, 0.3) is 0 Å². The lowest BCUT2D eigenvalue weighted by Crippen LogP contribution is -2.59. The van der Waals surface area contributed by atoms with E-state index in [-0.39, 0.29) is 17.3 Å². The Morgan fingerprint density at radius 2 is 1.25 bits per heavy atom. The van der Waals surface area contributed by atoms with E-state index in [2.05, 4.69) is 19.9 Å². The second-order valence-electron chi connectivity index (χ2n) is 10.1. The SMILES string of the molecule is COC(=O)C1(C(=O)OC)CC[C@]2(C)[C@H]3CCC(C(=O)OC)(C(=O)OC)C[C@@]3(C)C=C[C@H]2C1. The van der Waals surface area contributed by atoms with Gasteiger partial charge in [0.1, 0.15) is 0 Å². The van der Waals surface area contributed by atoms with E-state index >= 15 is 0 Å². The Kier molecular flexibility index (Phi) is 6.21. The zero-order valence-corrected chi connectivity index (χ0v) is 19.8. The highest BCUT2D eigenvalue weighted by atomic mass is 16.6. The van der Waals surface area contributed by atoms with Crippen molar-refractivity contribution in [2.45, 2.75) is 52.4 Å². The Bertz CT molecular complexity index is 813. The second-order valence-corrected chi connectivity index (χ2v) is 10.1. The van der Waals surface area contributed by atoms with Gasteiger partial charge in [0.2, 0.25) is 0 Å². The average molecular weight is 451 g/mol. The topological polar surface area (TPSA) is 105 Å². The van der Waals surface area contributed by atoms with E-state index < -0.39 is 40.1 Å². The zero-order valence-electron chi connectivity index (χ0n) is 19.8. The van der Waals surface area contributed by atoms with Gasteiger partial charge < -0.3 is 18.9 Å². The molecule has 0 heterocycles. The van der Waals surface area contributed by atoms with Gasteiger partial charge in [-0.1, -0.05) is 26.0 Å². The fraction of sp³-hybridized carbons (Fsp3) is 0.750. The van der Waals surface area contributed by atoms with Gasteiger partial charge in [-0.25, -0.2) is 0 Å². The molecule has 0 unspecified atom stereocenters. The highest BCUT2D eigenvalue weighted by Crippen LogP contribution is 2.66. The van der Waals surface area contributed by atoms with Crippen LogP contribution in [0, 0.1) is 33.5 Å². The third kappa shape index (κ3) is 3.25. The van der Waals surface area contributed by atoms with Gasteiger partial charge >= 0.3 is 23.9 Å². The van der Waals surface area contributed by atoms with Crippen molar-refractivity contribution in [3.8, 4) is 0 Å². The predicted molar refractivity (Wildman–Crippen MR) is 113 cm³/mol. The molecule has 4 atom stereocenters. The number of methoxy groups -OCH3 is 4. The van der Waals surface area contributed by atoms with Crippen LogP contribution in [0.4, 0.5) is 0 Å². The van der Waals surface area contributed by atoms with Crippen molar-refractivity contribution in [1.29, 1.82) is 0 Å². The molecule has 0 aromatic heterocycles. The number of rotatable bonds is 4. The maximum absolute atomic E-state index is 12.7. The van der Waals surface area contributed by atoms with Crippen molar-refractivity contribution in [3.05, 3.63) is 12.2 Å². The fourth-order valence-electron chi connectivity index (χ4n) is 6.94. The summed E-state index contributed by atoms with van der Waals surface area (Å²) < 4.78 is 20.0. The second kappa shape index (κ2) is 8.19. The first-order valence-electron chi connectivity index (χ1n) is 11.0. The van der Waals surface area contributed by atoms with Crippen molar-refractivity contribution >= 4 is 23.9 Å². The Morgan fingerprint density at radius 1 is 0.750 bits per heavy atom. The first-order valence-corrected chi connectivity index (χ1v) is 11.0. The maximum atomic E-state index is 12.7. The average Bonchev–Trinajstić information content (AvgIpc) is 2.80. The van der Waals surface area contributed by atoms with E-state index in [1.54, 1.807) is 0 Å². The minimum absolute atomic E-state index is 0.0451. The van der Waals surface area contributed by atoms with E-state index in [1.165, 1.54) is 28.4 Å². The lowest BCUT2D eigenvalue weighted by atomic mass is 9.43. The predicted octanol–water partition coefficient (Wildman–Crippen LogP) is 2.83. The van der Waals surface area contributed by atoms with Gasteiger partial charge in [0.05, 0.1) is 28.4 Å². The molecule has 0 bridgehead atoms. The molecule has 178 valence electrons. The standard InChI is InChI=1S/C24H34O8/c1-21-9-7-15-13-23(17(25)29-3,18(26)30-4)12-11-22(15,2)16(21)8-10-24(14-21,19(27)31-5)20(28)32-6/h7,9,15-16H,8,10-14H2,1-6H3/t15-,16-,21+,22-/m0/s1. The summed E-state index contributed by atoms with van der Waals surface area (Å²) >= 11 is 0. The lowest BCUT2D eigenvalue weighted by Gasteiger charge is -2.60. The van der Waals surface area contributed by atoms with E-state index in [4.69, 9.17) is 18.9 Å². The summed E-state index contributed by atoms with van der Waals surface area (Å²) in [5, 5.41) is 0. The molecular formula is C24H34O8. The highest BCUT2D eigenvalue weighted by Gasteiger charge is 2.65. The lowest BCUT2D eigenvalue weighted by molar-refractivity contribution is -0.187. The molecule has 0 saturated heterocycles. The van der Waals surface area contributed by atoms with Crippen LogP contribution in [0.3, 0.4) is 0 Å². The van der Waals surface area contributed by atoms with Gasteiger partial charge in [-0.2, -0.15) is 0 Å². The van der Waals surface area contributed by atoms with Crippen molar-refractivity contribution in [1.82, 2.24) is 0 Å². The molecule has 0 radical (unpaired) electrons. The fourth-order valence-corrected chi connectivity index (χ4v) is 6.94. The first kappa shape index (κ1) is 24.3. The molecule has 0 aromatic rings. The molecule has 2 fully saturated rings. The van der Waals surface area contributed by atoms with Crippen LogP contribution in [0.5, 0.6) is 0 Å². The molecule has 0 N–H and O–H groups in total. The zero-order chi connectivity index (χ0) is 23.9. The van der Waals surface area contributed by atoms with Gasteiger partial charge in [0.25, 0.3) is 0 Å². The van der Waals surface area contributed by atoms with E-state index in [9.17, 15) is 19.2 Å². The molecule has 8 nitrogen and oxygen atoms in total. The van der Waals surface area contributed by atoms with Crippen molar-refractivity contribution in [2.24, 2.45) is 33.5 Å². The molecule has 0 amide bonds. The number of hydrogen-bond donors (Lipinski definition) is 0. The van der Waals surface area contributed by atoms with Gasteiger partial charge in [-0.05, 0) is 61.2 Å². The number of carbonyl (C=O) groups excluding carboxylic acids is 4. The Balaban J connectivity index is 2.00. The first-order chi connectivity index (χ1) is 15.0. The third-order valence-corrected chi connectivity index (χ3v) is 8.65. The number of allylic oxidation sites excluding steroid dienone is 2. The van der Waals surface area contributed by atoms with Gasteiger partial charge in [-0.15, -0.1) is 0 Å². The number of hydrogen-bond acceptors (Lipinski definition) is 8. The minimum atomic E-state index is -1.33. The van der Waals surface area contributed by atoms with Crippen LogP contribution in [0.2, 0.25) is 0 Å². The summed E-state index contributed by atoms with van der Waals surface area (Å²) in [5.74, 6) is -2.15. The quantitative estimate of drug-likeness (QED) is 0.279. The summed E-state index contributed by atoms with van der Waals surface area (Å²) in [7, 11) is 5.15. The molecule has 8 heteroatoms. The molecule has 0 spiro atoms. The van der Waals surface area contributed by atoms with Crippen LogP contribution in [-0.4, -0.2) is 52.3 Å². The number of esters is 4. The highest BCUT2D eigenvalue weighted by molar-refractivity contribution is 6.01. The minimum Gasteiger partial charge on any atom is -0.468 e. The molecule has 32 heavy (non-hydrogen) atoms.